The quantitative estimate of drug-likeness (QED) is 0.885. The SMILES string of the molecule is CC(NC(=O)N1CC(F)(F)CC1CO)c1cccnc1. The van der Waals surface area contributed by atoms with Gasteiger partial charge in [0.25, 0.3) is 5.92 Å². The molecule has 5 nitrogen and oxygen atoms in total. The molecule has 2 rings (SSSR count). The fraction of sp³-hybridized carbons (Fsp3) is 0.538. The van der Waals surface area contributed by atoms with Crippen LogP contribution in [0.15, 0.2) is 24.5 Å². The molecule has 0 bridgehead atoms. The Hall–Kier alpha value is -1.76. The molecule has 0 aromatic carbocycles. The average molecular weight is 285 g/mol. The summed E-state index contributed by atoms with van der Waals surface area (Å²) in [6.07, 6.45) is 2.71. The van der Waals surface area contributed by atoms with Crippen molar-refractivity contribution in [3.05, 3.63) is 30.1 Å². The lowest BCUT2D eigenvalue weighted by Gasteiger charge is -2.25. The number of alkyl halides is 2. The number of halogens is 2. The van der Waals surface area contributed by atoms with Crippen LogP contribution in [0, 0.1) is 0 Å². The monoisotopic (exact) mass is 285 g/mol. The molecule has 1 aliphatic rings. The van der Waals surface area contributed by atoms with Crippen LogP contribution in [-0.2, 0) is 0 Å². The van der Waals surface area contributed by atoms with Gasteiger partial charge in [-0.15, -0.1) is 0 Å². The number of aliphatic hydroxyl groups excluding tert-OH is 1. The van der Waals surface area contributed by atoms with E-state index in [0.717, 1.165) is 10.5 Å². The zero-order valence-electron chi connectivity index (χ0n) is 11.1. The number of likely N-dealkylation sites (tertiary alicyclic amines) is 1. The van der Waals surface area contributed by atoms with Crippen LogP contribution in [0.25, 0.3) is 0 Å². The van der Waals surface area contributed by atoms with Gasteiger partial charge in [0.2, 0.25) is 0 Å². The van der Waals surface area contributed by atoms with E-state index in [1.54, 1.807) is 31.5 Å². The van der Waals surface area contributed by atoms with Crippen LogP contribution in [0.3, 0.4) is 0 Å². The second-order valence-electron chi connectivity index (χ2n) is 4.98. The topological polar surface area (TPSA) is 65.5 Å². The fourth-order valence-electron chi connectivity index (χ4n) is 2.28. The van der Waals surface area contributed by atoms with E-state index >= 15 is 0 Å². The van der Waals surface area contributed by atoms with E-state index in [2.05, 4.69) is 10.3 Å². The summed E-state index contributed by atoms with van der Waals surface area (Å²) in [7, 11) is 0. The minimum atomic E-state index is -2.94. The number of carbonyl (C=O) groups is 1. The van der Waals surface area contributed by atoms with Gasteiger partial charge in [-0.3, -0.25) is 4.98 Å². The summed E-state index contributed by atoms with van der Waals surface area (Å²) in [4.78, 5) is 17.0. The van der Waals surface area contributed by atoms with Crippen molar-refractivity contribution < 1.29 is 18.7 Å². The Kier molecular flexibility index (Phi) is 4.17. The summed E-state index contributed by atoms with van der Waals surface area (Å²) in [6.45, 7) is 0.616. The second kappa shape index (κ2) is 5.70. The third kappa shape index (κ3) is 3.22. The second-order valence-corrected chi connectivity index (χ2v) is 4.98. The maximum Gasteiger partial charge on any atom is 0.318 e. The molecule has 2 unspecified atom stereocenters. The molecule has 0 spiro atoms. The Bertz CT molecular complexity index is 470. The van der Waals surface area contributed by atoms with Crippen molar-refractivity contribution in [3.63, 3.8) is 0 Å². The number of urea groups is 1. The van der Waals surface area contributed by atoms with E-state index in [0.29, 0.717) is 0 Å². The Balaban J connectivity index is 2.01. The van der Waals surface area contributed by atoms with Crippen molar-refractivity contribution >= 4 is 6.03 Å². The van der Waals surface area contributed by atoms with Crippen LogP contribution in [0.4, 0.5) is 13.6 Å². The molecule has 110 valence electrons. The molecule has 20 heavy (non-hydrogen) atoms. The zero-order chi connectivity index (χ0) is 14.8. The summed E-state index contributed by atoms with van der Waals surface area (Å²) < 4.78 is 26.6. The lowest BCUT2D eigenvalue weighted by Crippen LogP contribution is -2.45. The molecule has 2 heterocycles. The minimum Gasteiger partial charge on any atom is -0.394 e. The molecule has 1 fully saturated rings. The third-order valence-corrected chi connectivity index (χ3v) is 3.37. The van der Waals surface area contributed by atoms with E-state index in [-0.39, 0.29) is 6.04 Å². The highest BCUT2D eigenvalue weighted by atomic mass is 19.3. The van der Waals surface area contributed by atoms with Gasteiger partial charge in [0, 0.05) is 18.8 Å². The van der Waals surface area contributed by atoms with E-state index in [9.17, 15) is 13.6 Å². The molecule has 2 amide bonds. The predicted molar refractivity (Wildman–Crippen MR) is 68.3 cm³/mol. The molecule has 2 N–H and O–H groups in total. The largest absolute Gasteiger partial charge is 0.394 e. The van der Waals surface area contributed by atoms with Gasteiger partial charge in [0.1, 0.15) is 0 Å². The summed E-state index contributed by atoms with van der Waals surface area (Å²) in [5.74, 6) is -2.94. The predicted octanol–water partition coefficient (Wildman–Crippen LogP) is 1.55. The van der Waals surface area contributed by atoms with E-state index in [1.807, 2.05) is 0 Å². The number of aliphatic hydroxyl groups is 1. The van der Waals surface area contributed by atoms with Gasteiger partial charge in [0.05, 0.1) is 25.2 Å². The Morgan fingerprint density at radius 3 is 3.05 bits per heavy atom. The molecule has 2 atom stereocenters. The van der Waals surface area contributed by atoms with Crippen LogP contribution >= 0.6 is 0 Å². The standard InChI is InChI=1S/C13H17F2N3O2/c1-9(10-3-2-4-16-6-10)17-12(20)18-8-13(14,15)5-11(18)7-19/h2-4,6,9,11,19H,5,7-8H2,1H3,(H,17,20). The first kappa shape index (κ1) is 14.6. The maximum absolute atomic E-state index is 13.3. The highest BCUT2D eigenvalue weighted by Crippen LogP contribution is 2.32. The molecule has 1 saturated heterocycles. The first-order chi connectivity index (χ1) is 9.43. The highest BCUT2D eigenvalue weighted by Gasteiger charge is 2.46. The number of rotatable bonds is 3. The number of nitrogens with one attached hydrogen (secondary N) is 1. The number of hydrogen-bond acceptors (Lipinski definition) is 3. The molecule has 0 radical (unpaired) electrons. The number of carbonyl (C=O) groups excluding carboxylic acids is 1. The summed E-state index contributed by atoms with van der Waals surface area (Å²) >= 11 is 0. The fourth-order valence-corrected chi connectivity index (χ4v) is 2.28. The lowest BCUT2D eigenvalue weighted by molar-refractivity contribution is 0.0141. The van der Waals surface area contributed by atoms with Crippen LogP contribution in [0.5, 0.6) is 0 Å². The Morgan fingerprint density at radius 1 is 1.70 bits per heavy atom. The summed E-state index contributed by atoms with van der Waals surface area (Å²) in [5, 5.41) is 11.7. The molecule has 1 aromatic rings. The van der Waals surface area contributed by atoms with Crippen molar-refractivity contribution in [1.29, 1.82) is 0 Å². The molecule has 0 aliphatic carbocycles. The molecular formula is C13H17F2N3O2. The van der Waals surface area contributed by atoms with Gasteiger partial charge in [0.15, 0.2) is 0 Å². The van der Waals surface area contributed by atoms with Gasteiger partial charge >= 0.3 is 6.03 Å². The molecule has 0 saturated carbocycles. The van der Waals surface area contributed by atoms with Gasteiger partial charge < -0.3 is 15.3 Å². The number of nitrogens with zero attached hydrogens (tertiary/aromatic N) is 2. The van der Waals surface area contributed by atoms with Crippen molar-refractivity contribution in [2.75, 3.05) is 13.2 Å². The van der Waals surface area contributed by atoms with Crippen molar-refractivity contribution in [2.24, 2.45) is 0 Å². The zero-order valence-corrected chi connectivity index (χ0v) is 11.1. The van der Waals surface area contributed by atoms with E-state index < -0.39 is 37.6 Å². The van der Waals surface area contributed by atoms with Crippen LogP contribution in [-0.4, -0.2) is 46.1 Å². The molecule has 7 heteroatoms. The smallest absolute Gasteiger partial charge is 0.318 e. The van der Waals surface area contributed by atoms with E-state index in [1.165, 1.54) is 0 Å². The minimum absolute atomic E-state index is 0.343. The summed E-state index contributed by atoms with van der Waals surface area (Å²) in [5.41, 5.74) is 0.785. The van der Waals surface area contributed by atoms with Gasteiger partial charge in [-0.2, -0.15) is 0 Å². The van der Waals surface area contributed by atoms with E-state index in [4.69, 9.17) is 5.11 Å². The normalized spacial score (nSPS) is 22.6. The molecule has 1 aliphatic heterocycles. The number of pyridine rings is 1. The first-order valence-corrected chi connectivity index (χ1v) is 6.39. The van der Waals surface area contributed by atoms with Crippen LogP contribution in [0.2, 0.25) is 0 Å². The molecular weight excluding hydrogens is 268 g/mol. The van der Waals surface area contributed by atoms with Crippen LogP contribution in [0.1, 0.15) is 24.9 Å². The maximum atomic E-state index is 13.3. The number of amides is 2. The molecule has 1 aromatic heterocycles. The average Bonchev–Trinajstić information content (AvgIpc) is 2.75. The highest BCUT2D eigenvalue weighted by molar-refractivity contribution is 5.75. The Morgan fingerprint density at radius 2 is 2.45 bits per heavy atom. The number of aromatic nitrogens is 1. The third-order valence-electron chi connectivity index (χ3n) is 3.37. The lowest BCUT2D eigenvalue weighted by atomic mass is 10.1. The van der Waals surface area contributed by atoms with Crippen molar-refractivity contribution in [3.8, 4) is 0 Å². The number of hydrogen-bond donors (Lipinski definition) is 2. The summed E-state index contributed by atoms with van der Waals surface area (Å²) in [6, 6.07) is 1.74. The van der Waals surface area contributed by atoms with Crippen molar-refractivity contribution in [1.82, 2.24) is 15.2 Å². The van der Waals surface area contributed by atoms with Gasteiger partial charge in [-0.1, -0.05) is 6.07 Å². The van der Waals surface area contributed by atoms with Gasteiger partial charge in [-0.25, -0.2) is 13.6 Å². The Labute approximate surface area is 115 Å². The first-order valence-electron chi connectivity index (χ1n) is 6.39. The van der Waals surface area contributed by atoms with Crippen LogP contribution < -0.4 is 5.32 Å². The van der Waals surface area contributed by atoms with Gasteiger partial charge in [-0.05, 0) is 18.6 Å². The van der Waals surface area contributed by atoms with Crippen molar-refractivity contribution in [2.45, 2.75) is 31.4 Å².